The van der Waals surface area contributed by atoms with Crippen LogP contribution in [0.3, 0.4) is 0 Å². The predicted octanol–water partition coefficient (Wildman–Crippen LogP) is -0.880. The van der Waals surface area contributed by atoms with Crippen LogP contribution in [-0.4, -0.2) is 101 Å². The first-order valence-electron chi connectivity index (χ1n) is 10.0. The number of oxime groups is 1. The molecule has 0 radical (unpaired) electrons. The SMILES string of the molecule is CON=C(C(=O)NC1C(=O)N2CC(CSc3nnc(CCO)s3)(C(=O)O)CS[C@H]12)c1nsc(N)n1. The van der Waals surface area contributed by atoms with Gasteiger partial charge in [0.1, 0.15) is 28.9 Å². The number of fused-ring (bicyclic) bond motifs is 1. The minimum absolute atomic E-state index is 0.00367. The summed E-state index contributed by atoms with van der Waals surface area (Å²) in [6.45, 7) is -0.0397. The van der Waals surface area contributed by atoms with Crippen molar-refractivity contribution in [2.75, 3.05) is 37.5 Å². The number of rotatable bonds is 10. The van der Waals surface area contributed by atoms with Crippen molar-refractivity contribution in [2.45, 2.75) is 22.2 Å². The molecule has 2 aromatic rings. The number of aliphatic hydroxyl groups is 1. The van der Waals surface area contributed by atoms with E-state index >= 15 is 0 Å². The summed E-state index contributed by atoms with van der Waals surface area (Å²) in [5.74, 6) is -1.70. The van der Waals surface area contributed by atoms with Gasteiger partial charge in [0.15, 0.2) is 9.47 Å². The average molecular weight is 561 g/mol. The Hall–Kier alpha value is -2.54. The van der Waals surface area contributed by atoms with Crippen LogP contribution >= 0.6 is 46.4 Å². The molecule has 2 aliphatic rings. The molecule has 14 nitrogen and oxygen atoms in total. The Kier molecular flexibility index (Phi) is 7.74. The molecular formula is C17H20N8O6S4. The zero-order chi connectivity index (χ0) is 25.2. The summed E-state index contributed by atoms with van der Waals surface area (Å²) in [4.78, 5) is 47.9. The first kappa shape index (κ1) is 25.5. The molecule has 0 spiro atoms. The molecule has 188 valence electrons. The second-order valence-electron chi connectivity index (χ2n) is 7.51. The average Bonchev–Trinajstić information content (AvgIpc) is 3.48. The number of nitrogens with two attached hydrogens (primary N) is 1. The lowest BCUT2D eigenvalue weighted by molar-refractivity contribution is -0.157. The zero-order valence-electron chi connectivity index (χ0n) is 18.1. The Bertz CT molecular complexity index is 1160. The summed E-state index contributed by atoms with van der Waals surface area (Å²) in [7, 11) is 1.26. The Morgan fingerprint density at radius 3 is 2.89 bits per heavy atom. The maximum absolute atomic E-state index is 12.8. The standard InChI is InChI=1S/C17H20N8O6S4/c1-31-23-8(10-20-15(18)35-24-10)11(27)19-9-12(28)25-4-17(14(29)30,5-32-13(9)25)6-33-16-22-21-7(34-16)2-3-26/h9,13,26H,2-6H2,1H3,(H,19,27)(H,29,30)(H2,18,20,24)/t9?,13-,17?/m1/s1. The second-order valence-corrected chi connectivity index (χ2v) is 11.7. The molecule has 0 aliphatic carbocycles. The van der Waals surface area contributed by atoms with Crippen LogP contribution in [0.5, 0.6) is 0 Å². The normalized spacial score (nSPS) is 24.0. The van der Waals surface area contributed by atoms with Crippen LogP contribution in [0.25, 0.3) is 0 Å². The Labute approximate surface area is 214 Å². The van der Waals surface area contributed by atoms with Crippen molar-refractivity contribution in [2.24, 2.45) is 10.6 Å². The van der Waals surface area contributed by atoms with Gasteiger partial charge >= 0.3 is 5.97 Å². The number of thioether (sulfide) groups is 2. The van der Waals surface area contributed by atoms with Crippen molar-refractivity contribution in [3.05, 3.63) is 10.8 Å². The van der Waals surface area contributed by atoms with E-state index in [4.69, 9.17) is 15.7 Å². The fraction of sp³-hybridized carbons (Fsp3) is 0.529. The van der Waals surface area contributed by atoms with Gasteiger partial charge in [0.2, 0.25) is 17.4 Å². The molecule has 5 N–H and O–H groups in total. The maximum atomic E-state index is 12.8. The number of nitrogen functional groups attached to an aromatic ring is 1. The van der Waals surface area contributed by atoms with Gasteiger partial charge < -0.3 is 31.0 Å². The van der Waals surface area contributed by atoms with E-state index < -0.39 is 34.6 Å². The van der Waals surface area contributed by atoms with E-state index in [2.05, 4.69) is 30.0 Å². The third-order valence-electron chi connectivity index (χ3n) is 5.18. The molecular weight excluding hydrogens is 541 g/mol. The molecule has 2 aromatic heterocycles. The lowest BCUT2D eigenvalue weighted by Crippen LogP contribution is -2.74. The van der Waals surface area contributed by atoms with Crippen LogP contribution in [-0.2, 0) is 25.6 Å². The lowest BCUT2D eigenvalue weighted by Gasteiger charge is -2.53. The highest BCUT2D eigenvalue weighted by atomic mass is 32.2. The topological polar surface area (TPSA) is 206 Å². The molecule has 4 heterocycles. The number of aliphatic hydroxyl groups excluding tert-OH is 1. The summed E-state index contributed by atoms with van der Waals surface area (Å²) >= 11 is 4.73. The van der Waals surface area contributed by atoms with E-state index in [9.17, 15) is 19.5 Å². The highest BCUT2D eigenvalue weighted by molar-refractivity contribution is 8.01. The van der Waals surface area contributed by atoms with Crippen molar-refractivity contribution in [1.29, 1.82) is 0 Å². The van der Waals surface area contributed by atoms with Crippen LogP contribution in [0.15, 0.2) is 9.50 Å². The van der Waals surface area contributed by atoms with Crippen molar-refractivity contribution in [3.8, 4) is 0 Å². The first-order valence-corrected chi connectivity index (χ1v) is 13.6. The van der Waals surface area contributed by atoms with Gasteiger partial charge in [-0.3, -0.25) is 14.4 Å². The van der Waals surface area contributed by atoms with Gasteiger partial charge in [-0.1, -0.05) is 28.3 Å². The predicted molar refractivity (Wildman–Crippen MR) is 129 cm³/mol. The number of aliphatic carboxylic acids is 1. The number of anilines is 1. The number of carboxylic acid groups (broad SMARTS) is 1. The van der Waals surface area contributed by atoms with Crippen LogP contribution in [0.2, 0.25) is 0 Å². The van der Waals surface area contributed by atoms with Crippen LogP contribution < -0.4 is 11.1 Å². The number of carboxylic acids is 1. The number of amides is 2. The quantitative estimate of drug-likeness (QED) is 0.121. The zero-order valence-corrected chi connectivity index (χ0v) is 21.4. The highest BCUT2D eigenvalue weighted by Gasteiger charge is 2.57. The van der Waals surface area contributed by atoms with Gasteiger partial charge in [-0.05, 0) is 0 Å². The number of nitrogens with one attached hydrogen (secondary N) is 1. The summed E-state index contributed by atoms with van der Waals surface area (Å²) < 4.78 is 4.55. The van der Waals surface area contributed by atoms with E-state index in [0.29, 0.717) is 15.8 Å². The van der Waals surface area contributed by atoms with Crippen LogP contribution in [0.4, 0.5) is 5.13 Å². The Morgan fingerprint density at radius 2 is 2.23 bits per heavy atom. The van der Waals surface area contributed by atoms with E-state index in [1.807, 2.05) is 0 Å². The van der Waals surface area contributed by atoms with Gasteiger partial charge in [0.05, 0.1) is 0 Å². The maximum Gasteiger partial charge on any atom is 0.313 e. The molecule has 0 saturated carbocycles. The fourth-order valence-electron chi connectivity index (χ4n) is 3.42. The monoisotopic (exact) mass is 560 g/mol. The third-order valence-corrected chi connectivity index (χ3v) is 9.72. The van der Waals surface area contributed by atoms with Crippen molar-refractivity contribution < 1.29 is 29.4 Å². The molecule has 2 saturated heterocycles. The van der Waals surface area contributed by atoms with Crippen LogP contribution in [0.1, 0.15) is 10.8 Å². The molecule has 18 heteroatoms. The minimum Gasteiger partial charge on any atom is -0.481 e. The number of hydrogen-bond acceptors (Lipinski definition) is 15. The fourth-order valence-corrected chi connectivity index (χ4v) is 7.60. The molecule has 2 amide bonds. The molecule has 0 aromatic carbocycles. The molecule has 35 heavy (non-hydrogen) atoms. The molecule has 2 unspecified atom stereocenters. The number of hydrogen-bond donors (Lipinski definition) is 4. The number of nitrogens with zero attached hydrogens (tertiary/aromatic N) is 6. The molecule has 3 atom stereocenters. The summed E-state index contributed by atoms with van der Waals surface area (Å²) in [6, 6.07) is -0.853. The van der Waals surface area contributed by atoms with E-state index in [1.165, 1.54) is 46.9 Å². The number of β-lactam (4-membered cyclic amide) rings is 1. The summed E-state index contributed by atoms with van der Waals surface area (Å²) in [6.07, 6.45) is 0.387. The molecule has 0 bridgehead atoms. The van der Waals surface area contributed by atoms with Gasteiger partial charge in [-0.2, -0.15) is 9.36 Å². The smallest absolute Gasteiger partial charge is 0.313 e. The second kappa shape index (κ2) is 10.6. The number of aromatic nitrogens is 4. The lowest BCUT2D eigenvalue weighted by atomic mass is 9.89. The summed E-state index contributed by atoms with van der Waals surface area (Å²) in [5, 5.41) is 33.7. The Balaban J connectivity index is 1.40. The van der Waals surface area contributed by atoms with E-state index in [-0.39, 0.29) is 41.3 Å². The molecule has 2 fully saturated rings. The van der Waals surface area contributed by atoms with Crippen LogP contribution in [0, 0.1) is 5.41 Å². The largest absolute Gasteiger partial charge is 0.481 e. The van der Waals surface area contributed by atoms with Crippen molar-refractivity contribution >= 4 is 75.0 Å². The van der Waals surface area contributed by atoms with Gasteiger partial charge in [0, 0.05) is 42.6 Å². The van der Waals surface area contributed by atoms with Crippen molar-refractivity contribution in [3.63, 3.8) is 0 Å². The highest BCUT2D eigenvalue weighted by Crippen LogP contribution is 2.44. The molecule has 4 rings (SSSR count). The van der Waals surface area contributed by atoms with Gasteiger partial charge in [-0.15, -0.1) is 22.0 Å². The van der Waals surface area contributed by atoms with Gasteiger partial charge in [0.25, 0.3) is 5.91 Å². The first-order chi connectivity index (χ1) is 16.8. The molecule has 2 aliphatic heterocycles. The Morgan fingerprint density at radius 1 is 1.43 bits per heavy atom. The number of carbonyl (C=O) groups is 3. The van der Waals surface area contributed by atoms with E-state index in [0.717, 1.165) is 11.5 Å². The third kappa shape index (κ3) is 5.20. The summed E-state index contributed by atoms with van der Waals surface area (Å²) in [5.41, 5.74) is 4.16. The number of carbonyl (C=O) groups excluding carboxylic acids is 2. The van der Waals surface area contributed by atoms with Crippen molar-refractivity contribution in [1.82, 2.24) is 29.8 Å². The van der Waals surface area contributed by atoms with E-state index in [1.54, 1.807) is 0 Å². The van der Waals surface area contributed by atoms with Gasteiger partial charge in [-0.25, -0.2) is 0 Å². The minimum atomic E-state index is -1.19.